The fraction of sp³-hybridized carbons (Fsp3) is 0.375. The summed E-state index contributed by atoms with van der Waals surface area (Å²) < 4.78 is 0. The van der Waals surface area contributed by atoms with Gasteiger partial charge in [-0.05, 0) is 18.6 Å². The molecule has 0 saturated heterocycles. The van der Waals surface area contributed by atoms with E-state index in [0.717, 1.165) is 42.2 Å². The Balaban J connectivity index is 2.33. The van der Waals surface area contributed by atoms with Crippen LogP contribution in [0.4, 0.5) is 0 Å². The van der Waals surface area contributed by atoms with Crippen molar-refractivity contribution in [3.8, 4) is 0 Å². The van der Waals surface area contributed by atoms with Crippen molar-refractivity contribution in [1.82, 2.24) is 9.88 Å². The first kappa shape index (κ1) is 15.0. The minimum atomic E-state index is 0.0715. The van der Waals surface area contributed by atoms with Crippen molar-refractivity contribution in [2.75, 3.05) is 18.4 Å². The van der Waals surface area contributed by atoms with Crippen molar-refractivity contribution in [2.45, 2.75) is 19.8 Å². The van der Waals surface area contributed by atoms with Gasteiger partial charge in [-0.25, -0.2) is 0 Å². The number of rotatable bonds is 6. The summed E-state index contributed by atoms with van der Waals surface area (Å²) in [5.41, 5.74) is 1.48. The summed E-state index contributed by atoms with van der Waals surface area (Å²) in [4.78, 5) is 19.0. The number of para-hydroxylation sites is 1. The maximum atomic E-state index is 12.7. The number of benzene rings is 1. The zero-order valence-corrected chi connectivity index (χ0v) is 13.3. The summed E-state index contributed by atoms with van der Waals surface area (Å²) in [6, 6.07) is 9.65. The second-order valence-corrected chi connectivity index (χ2v) is 5.51. The molecule has 0 N–H and O–H groups in total. The third kappa shape index (κ3) is 3.37. The van der Waals surface area contributed by atoms with Gasteiger partial charge in [-0.3, -0.25) is 9.78 Å². The van der Waals surface area contributed by atoms with Crippen LogP contribution in [0.5, 0.6) is 0 Å². The molecule has 0 aliphatic rings. The number of hydrogen-bond donors (Lipinski definition) is 0. The summed E-state index contributed by atoms with van der Waals surface area (Å²) in [7, 11) is 0. The molecule has 4 heteroatoms. The quantitative estimate of drug-likeness (QED) is 0.751. The van der Waals surface area contributed by atoms with Gasteiger partial charge in [0.25, 0.3) is 5.91 Å². The molecule has 0 fully saturated rings. The van der Waals surface area contributed by atoms with E-state index < -0.39 is 0 Å². The molecule has 1 aromatic carbocycles. The normalized spacial score (nSPS) is 10.7. The fourth-order valence-electron chi connectivity index (χ4n) is 2.21. The highest BCUT2D eigenvalue weighted by Gasteiger charge is 2.17. The second kappa shape index (κ2) is 7.39. The van der Waals surface area contributed by atoms with E-state index in [0.29, 0.717) is 5.56 Å². The Morgan fingerprint density at radius 3 is 2.80 bits per heavy atom. The van der Waals surface area contributed by atoms with Crippen LogP contribution in [0.1, 0.15) is 30.1 Å². The molecule has 0 radical (unpaired) electrons. The number of carbonyl (C=O) groups is 1. The largest absolute Gasteiger partial charge is 0.338 e. The van der Waals surface area contributed by atoms with Crippen molar-refractivity contribution in [3.05, 3.63) is 42.1 Å². The SMILES string of the molecule is CCCCN(CCBr)C(=O)c1cccc2cccnc12. The van der Waals surface area contributed by atoms with Crippen LogP contribution in [0.25, 0.3) is 10.9 Å². The van der Waals surface area contributed by atoms with Gasteiger partial charge in [0, 0.05) is 30.0 Å². The highest BCUT2D eigenvalue weighted by Crippen LogP contribution is 2.18. The van der Waals surface area contributed by atoms with Crippen LogP contribution >= 0.6 is 15.9 Å². The first-order valence-electron chi connectivity index (χ1n) is 6.97. The van der Waals surface area contributed by atoms with Crippen LogP contribution in [0.15, 0.2) is 36.5 Å². The van der Waals surface area contributed by atoms with Gasteiger partial charge in [-0.2, -0.15) is 0 Å². The van der Waals surface area contributed by atoms with Gasteiger partial charge in [0.15, 0.2) is 0 Å². The van der Waals surface area contributed by atoms with Gasteiger partial charge >= 0.3 is 0 Å². The number of amides is 1. The first-order chi connectivity index (χ1) is 9.77. The number of aromatic nitrogens is 1. The summed E-state index contributed by atoms with van der Waals surface area (Å²) >= 11 is 3.42. The number of fused-ring (bicyclic) bond motifs is 1. The molecule has 0 aliphatic carbocycles. The first-order valence-corrected chi connectivity index (χ1v) is 8.09. The van der Waals surface area contributed by atoms with Gasteiger partial charge in [-0.15, -0.1) is 0 Å². The lowest BCUT2D eigenvalue weighted by molar-refractivity contribution is 0.0766. The molecule has 0 unspecified atom stereocenters. The third-order valence-corrected chi connectivity index (χ3v) is 3.64. The Kier molecular flexibility index (Phi) is 5.53. The highest BCUT2D eigenvalue weighted by molar-refractivity contribution is 9.09. The Labute approximate surface area is 128 Å². The van der Waals surface area contributed by atoms with Gasteiger partial charge in [0.05, 0.1) is 11.1 Å². The molecule has 2 aromatic rings. The molecule has 0 spiro atoms. The lowest BCUT2D eigenvalue weighted by Gasteiger charge is -2.22. The molecule has 1 heterocycles. The minimum Gasteiger partial charge on any atom is -0.338 e. The smallest absolute Gasteiger partial charge is 0.256 e. The topological polar surface area (TPSA) is 33.2 Å². The van der Waals surface area contributed by atoms with Crippen LogP contribution < -0.4 is 0 Å². The third-order valence-electron chi connectivity index (χ3n) is 3.29. The van der Waals surface area contributed by atoms with Crippen LogP contribution in [0.2, 0.25) is 0 Å². The van der Waals surface area contributed by atoms with Gasteiger partial charge in [0.2, 0.25) is 0 Å². The monoisotopic (exact) mass is 334 g/mol. The van der Waals surface area contributed by atoms with Crippen molar-refractivity contribution in [2.24, 2.45) is 0 Å². The lowest BCUT2D eigenvalue weighted by Crippen LogP contribution is -2.33. The molecule has 0 aliphatic heterocycles. The Hall–Kier alpha value is -1.42. The van der Waals surface area contributed by atoms with E-state index in [1.807, 2.05) is 35.2 Å². The maximum absolute atomic E-state index is 12.7. The van der Waals surface area contributed by atoms with E-state index in [2.05, 4.69) is 27.8 Å². The van der Waals surface area contributed by atoms with E-state index in [-0.39, 0.29) is 5.91 Å². The van der Waals surface area contributed by atoms with Crippen LogP contribution in [0.3, 0.4) is 0 Å². The molecule has 1 amide bonds. The molecule has 106 valence electrons. The minimum absolute atomic E-state index is 0.0715. The van der Waals surface area contributed by atoms with E-state index in [9.17, 15) is 4.79 Å². The van der Waals surface area contributed by atoms with Crippen molar-refractivity contribution in [1.29, 1.82) is 0 Å². The Bertz CT molecular complexity index is 580. The standard InChI is InChI=1S/C16H19BrN2O/c1-2-3-11-19(12-9-17)16(20)14-8-4-6-13-7-5-10-18-15(13)14/h4-8,10H,2-3,9,11-12H2,1H3. The number of nitrogens with zero attached hydrogens (tertiary/aromatic N) is 2. The van der Waals surface area contributed by atoms with Gasteiger partial charge < -0.3 is 4.90 Å². The number of halogens is 1. The molecule has 1 aromatic heterocycles. The van der Waals surface area contributed by atoms with Crippen LogP contribution in [0, 0.1) is 0 Å². The molecular weight excluding hydrogens is 316 g/mol. The number of hydrogen-bond acceptors (Lipinski definition) is 2. The molecular formula is C16H19BrN2O. The fourth-order valence-corrected chi connectivity index (χ4v) is 2.64. The van der Waals surface area contributed by atoms with E-state index >= 15 is 0 Å². The highest BCUT2D eigenvalue weighted by atomic mass is 79.9. The number of carbonyl (C=O) groups excluding carboxylic acids is 1. The molecule has 0 saturated carbocycles. The van der Waals surface area contributed by atoms with Crippen molar-refractivity contribution >= 4 is 32.7 Å². The molecule has 2 rings (SSSR count). The van der Waals surface area contributed by atoms with Crippen LogP contribution in [-0.2, 0) is 0 Å². The molecule has 3 nitrogen and oxygen atoms in total. The zero-order valence-electron chi connectivity index (χ0n) is 11.7. The van der Waals surface area contributed by atoms with E-state index in [4.69, 9.17) is 0 Å². The average Bonchev–Trinajstić information content (AvgIpc) is 2.50. The summed E-state index contributed by atoms with van der Waals surface area (Å²) in [5.74, 6) is 0.0715. The Morgan fingerprint density at radius 2 is 2.05 bits per heavy atom. The number of pyridine rings is 1. The van der Waals surface area contributed by atoms with Crippen molar-refractivity contribution < 1.29 is 4.79 Å². The number of unbranched alkanes of at least 4 members (excludes halogenated alkanes) is 1. The van der Waals surface area contributed by atoms with Crippen molar-refractivity contribution in [3.63, 3.8) is 0 Å². The van der Waals surface area contributed by atoms with E-state index in [1.54, 1.807) is 6.20 Å². The predicted molar refractivity (Wildman–Crippen MR) is 86.3 cm³/mol. The van der Waals surface area contributed by atoms with Gasteiger partial charge in [-0.1, -0.05) is 47.5 Å². The van der Waals surface area contributed by atoms with Gasteiger partial charge in [0.1, 0.15) is 0 Å². The average molecular weight is 335 g/mol. The van der Waals surface area contributed by atoms with Crippen LogP contribution in [-0.4, -0.2) is 34.2 Å². The molecule has 0 atom stereocenters. The summed E-state index contributed by atoms with van der Waals surface area (Å²) in [5, 5.41) is 1.80. The summed E-state index contributed by atoms with van der Waals surface area (Å²) in [6.07, 6.45) is 3.84. The predicted octanol–water partition coefficient (Wildman–Crippen LogP) is 3.87. The maximum Gasteiger partial charge on any atom is 0.256 e. The lowest BCUT2D eigenvalue weighted by atomic mass is 10.1. The molecule has 0 bridgehead atoms. The van der Waals surface area contributed by atoms with E-state index in [1.165, 1.54) is 0 Å². The second-order valence-electron chi connectivity index (χ2n) is 4.72. The number of alkyl halides is 1. The zero-order chi connectivity index (χ0) is 14.4. The summed E-state index contributed by atoms with van der Waals surface area (Å²) in [6.45, 7) is 3.66. The Morgan fingerprint density at radius 1 is 1.25 bits per heavy atom. The molecule has 20 heavy (non-hydrogen) atoms.